The summed E-state index contributed by atoms with van der Waals surface area (Å²) in [6, 6.07) is 0. The number of alkyl halides is 3. The number of hydrogen-bond acceptors (Lipinski definition) is 1. The fourth-order valence-electron chi connectivity index (χ4n) is 2.06. The molecule has 14 heavy (non-hydrogen) atoms. The van der Waals surface area contributed by atoms with Crippen LogP contribution in [-0.2, 0) is 4.79 Å². The van der Waals surface area contributed by atoms with Crippen LogP contribution in [0, 0.1) is 11.8 Å². The summed E-state index contributed by atoms with van der Waals surface area (Å²) in [6.07, 6.45) is -2.61. The second-order valence-corrected chi connectivity index (χ2v) is 3.81. The van der Waals surface area contributed by atoms with E-state index in [1.807, 2.05) is 0 Å². The van der Waals surface area contributed by atoms with E-state index in [9.17, 15) is 18.0 Å². The second kappa shape index (κ2) is 4.19. The van der Waals surface area contributed by atoms with Crippen LogP contribution in [0.4, 0.5) is 13.2 Å². The number of carboxylic acid groups (broad SMARTS) is 1. The first kappa shape index (κ1) is 11.3. The maximum Gasteiger partial charge on any atom is 0.389 e. The van der Waals surface area contributed by atoms with Crippen LogP contribution in [0.15, 0.2) is 0 Å². The third-order valence-electron chi connectivity index (χ3n) is 2.74. The Hall–Kier alpha value is -0.740. The van der Waals surface area contributed by atoms with Crippen molar-refractivity contribution in [3.05, 3.63) is 0 Å². The van der Waals surface area contributed by atoms with Crippen molar-refractivity contribution in [1.82, 2.24) is 0 Å². The van der Waals surface area contributed by atoms with E-state index < -0.39 is 24.5 Å². The standard InChI is InChI=1S/C9H13F3O2/c10-9(11,12)5-7(8(13)14)6-3-1-2-4-6/h6-7H,1-5H2,(H,13,14). The van der Waals surface area contributed by atoms with E-state index in [1.165, 1.54) is 0 Å². The Bertz CT molecular complexity index is 207. The van der Waals surface area contributed by atoms with Gasteiger partial charge in [-0.05, 0) is 18.8 Å². The van der Waals surface area contributed by atoms with Gasteiger partial charge in [-0.3, -0.25) is 4.79 Å². The van der Waals surface area contributed by atoms with Crippen LogP contribution in [0.1, 0.15) is 32.1 Å². The van der Waals surface area contributed by atoms with E-state index in [-0.39, 0.29) is 5.92 Å². The molecule has 1 fully saturated rings. The summed E-state index contributed by atoms with van der Waals surface area (Å²) in [5.41, 5.74) is 0. The molecule has 0 amide bonds. The fraction of sp³-hybridized carbons (Fsp3) is 0.889. The van der Waals surface area contributed by atoms with Gasteiger partial charge in [0.05, 0.1) is 12.3 Å². The van der Waals surface area contributed by atoms with Gasteiger partial charge in [0.25, 0.3) is 0 Å². The number of halogens is 3. The Morgan fingerprint density at radius 3 is 2.21 bits per heavy atom. The molecule has 0 spiro atoms. The lowest BCUT2D eigenvalue weighted by Gasteiger charge is -2.20. The van der Waals surface area contributed by atoms with Crippen LogP contribution in [0.2, 0.25) is 0 Å². The van der Waals surface area contributed by atoms with Crippen molar-refractivity contribution in [3.63, 3.8) is 0 Å². The molecule has 82 valence electrons. The predicted octanol–water partition coefficient (Wildman–Crippen LogP) is 2.83. The average molecular weight is 210 g/mol. The van der Waals surface area contributed by atoms with Crippen molar-refractivity contribution in [3.8, 4) is 0 Å². The molecule has 1 atom stereocenters. The zero-order valence-corrected chi connectivity index (χ0v) is 7.68. The number of carbonyl (C=O) groups is 1. The largest absolute Gasteiger partial charge is 0.481 e. The van der Waals surface area contributed by atoms with Crippen molar-refractivity contribution in [1.29, 1.82) is 0 Å². The maximum atomic E-state index is 12.1. The molecule has 2 nitrogen and oxygen atoms in total. The van der Waals surface area contributed by atoms with Crippen LogP contribution in [-0.4, -0.2) is 17.3 Å². The topological polar surface area (TPSA) is 37.3 Å². The summed E-state index contributed by atoms with van der Waals surface area (Å²) in [5.74, 6) is -2.83. The molecular formula is C9H13F3O2. The molecule has 0 bridgehead atoms. The van der Waals surface area contributed by atoms with Gasteiger partial charge in [-0.1, -0.05) is 12.8 Å². The molecule has 0 saturated heterocycles. The van der Waals surface area contributed by atoms with Gasteiger partial charge < -0.3 is 5.11 Å². The summed E-state index contributed by atoms with van der Waals surface area (Å²) in [6.45, 7) is 0. The smallest absolute Gasteiger partial charge is 0.389 e. The third-order valence-corrected chi connectivity index (χ3v) is 2.74. The van der Waals surface area contributed by atoms with Gasteiger partial charge >= 0.3 is 12.1 Å². The molecule has 0 aromatic rings. The Balaban J connectivity index is 2.59. The van der Waals surface area contributed by atoms with Gasteiger partial charge in [-0.2, -0.15) is 13.2 Å². The number of carboxylic acids is 1. The van der Waals surface area contributed by atoms with E-state index in [0.29, 0.717) is 12.8 Å². The normalized spacial score (nSPS) is 21.1. The van der Waals surface area contributed by atoms with E-state index in [4.69, 9.17) is 5.11 Å². The van der Waals surface area contributed by atoms with E-state index in [0.717, 1.165) is 12.8 Å². The van der Waals surface area contributed by atoms with Gasteiger partial charge in [0.1, 0.15) is 0 Å². The molecule has 0 aliphatic heterocycles. The molecule has 0 aromatic heterocycles. The van der Waals surface area contributed by atoms with Crippen LogP contribution < -0.4 is 0 Å². The van der Waals surface area contributed by atoms with E-state index >= 15 is 0 Å². The Morgan fingerprint density at radius 1 is 1.36 bits per heavy atom. The molecule has 1 aliphatic rings. The van der Waals surface area contributed by atoms with E-state index in [1.54, 1.807) is 0 Å². The molecule has 0 radical (unpaired) electrons. The van der Waals surface area contributed by atoms with Gasteiger partial charge in [0, 0.05) is 0 Å². The number of aliphatic carboxylic acids is 1. The first-order valence-electron chi connectivity index (χ1n) is 4.69. The van der Waals surface area contributed by atoms with Crippen molar-refractivity contribution < 1.29 is 23.1 Å². The first-order valence-corrected chi connectivity index (χ1v) is 4.69. The van der Waals surface area contributed by atoms with Crippen LogP contribution in [0.25, 0.3) is 0 Å². The summed E-state index contributed by atoms with van der Waals surface area (Å²) in [4.78, 5) is 10.7. The van der Waals surface area contributed by atoms with Gasteiger partial charge in [-0.15, -0.1) is 0 Å². The lowest BCUT2D eigenvalue weighted by molar-refractivity contribution is -0.167. The van der Waals surface area contributed by atoms with Crippen molar-refractivity contribution in [2.75, 3.05) is 0 Å². The highest BCUT2D eigenvalue weighted by Crippen LogP contribution is 2.37. The lowest BCUT2D eigenvalue weighted by Crippen LogP contribution is -2.27. The first-order chi connectivity index (χ1) is 6.40. The predicted molar refractivity (Wildman–Crippen MR) is 43.8 cm³/mol. The van der Waals surface area contributed by atoms with Crippen molar-refractivity contribution >= 4 is 5.97 Å². The molecule has 0 aromatic carbocycles. The molecule has 1 rings (SSSR count). The molecule has 1 unspecified atom stereocenters. The maximum absolute atomic E-state index is 12.1. The lowest BCUT2D eigenvalue weighted by atomic mass is 9.88. The van der Waals surface area contributed by atoms with Crippen LogP contribution in [0.3, 0.4) is 0 Å². The molecule has 1 N–H and O–H groups in total. The highest BCUT2D eigenvalue weighted by atomic mass is 19.4. The summed E-state index contributed by atoms with van der Waals surface area (Å²) < 4.78 is 36.2. The highest BCUT2D eigenvalue weighted by Gasteiger charge is 2.40. The monoisotopic (exact) mass is 210 g/mol. The number of rotatable bonds is 3. The third kappa shape index (κ3) is 3.20. The minimum Gasteiger partial charge on any atom is -0.481 e. The summed E-state index contributed by atoms with van der Waals surface area (Å²) in [7, 11) is 0. The molecule has 5 heteroatoms. The zero-order chi connectivity index (χ0) is 10.8. The van der Waals surface area contributed by atoms with Crippen molar-refractivity contribution in [2.24, 2.45) is 11.8 Å². The van der Waals surface area contributed by atoms with Crippen LogP contribution in [0.5, 0.6) is 0 Å². The average Bonchev–Trinajstić information content (AvgIpc) is 2.49. The van der Waals surface area contributed by atoms with Gasteiger partial charge in [0.15, 0.2) is 0 Å². The second-order valence-electron chi connectivity index (χ2n) is 3.81. The summed E-state index contributed by atoms with van der Waals surface area (Å²) in [5, 5.41) is 8.70. The molecule has 1 aliphatic carbocycles. The summed E-state index contributed by atoms with van der Waals surface area (Å²) >= 11 is 0. The highest BCUT2D eigenvalue weighted by molar-refractivity contribution is 5.70. The Morgan fingerprint density at radius 2 is 1.86 bits per heavy atom. The van der Waals surface area contributed by atoms with Crippen LogP contribution >= 0.6 is 0 Å². The molecule has 0 heterocycles. The zero-order valence-electron chi connectivity index (χ0n) is 7.68. The number of hydrogen-bond donors (Lipinski definition) is 1. The Kier molecular flexibility index (Phi) is 3.39. The quantitative estimate of drug-likeness (QED) is 0.777. The van der Waals surface area contributed by atoms with Gasteiger partial charge in [-0.25, -0.2) is 0 Å². The fourth-order valence-corrected chi connectivity index (χ4v) is 2.06. The van der Waals surface area contributed by atoms with Crippen molar-refractivity contribution in [2.45, 2.75) is 38.3 Å². The van der Waals surface area contributed by atoms with Gasteiger partial charge in [0.2, 0.25) is 0 Å². The minimum absolute atomic E-state index is 0.283. The Labute approximate surface area is 80.1 Å². The molecule has 1 saturated carbocycles. The minimum atomic E-state index is -4.37. The molecular weight excluding hydrogens is 197 g/mol. The van der Waals surface area contributed by atoms with E-state index in [2.05, 4.69) is 0 Å². The SMILES string of the molecule is O=C(O)C(CC(F)(F)F)C1CCCC1.